The smallest absolute Gasteiger partial charge is 0.269 e. The van der Waals surface area contributed by atoms with E-state index in [1.165, 1.54) is 5.56 Å². The van der Waals surface area contributed by atoms with Gasteiger partial charge in [0.05, 0.1) is 4.92 Å². The van der Waals surface area contributed by atoms with E-state index in [4.69, 9.17) is 0 Å². The second-order valence-corrected chi connectivity index (χ2v) is 4.65. The number of benzene rings is 2. The molecule has 4 nitrogen and oxygen atoms in total. The van der Waals surface area contributed by atoms with Crippen LogP contribution in [0.1, 0.15) is 24.1 Å². The van der Waals surface area contributed by atoms with E-state index in [9.17, 15) is 10.1 Å². The number of nitro groups is 1. The molecule has 2 rings (SSSR count). The molecule has 0 radical (unpaired) electrons. The number of nitrogens with zero attached hydrogens (tertiary/aromatic N) is 1. The molecule has 0 aliphatic carbocycles. The van der Waals surface area contributed by atoms with Gasteiger partial charge in [0.25, 0.3) is 5.69 Å². The zero-order chi connectivity index (χ0) is 14.4. The summed E-state index contributed by atoms with van der Waals surface area (Å²) in [7, 11) is 0. The van der Waals surface area contributed by atoms with Crippen molar-refractivity contribution in [3.63, 3.8) is 0 Å². The summed E-state index contributed by atoms with van der Waals surface area (Å²) < 4.78 is 0. The molecule has 1 N–H and O–H groups in total. The van der Waals surface area contributed by atoms with Gasteiger partial charge in [-0.25, -0.2) is 0 Å². The molecule has 0 aromatic heterocycles. The first-order valence-electron chi connectivity index (χ1n) is 6.72. The molecule has 2 aromatic rings. The number of non-ortho nitro benzene ring substituents is 1. The van der Waals surface area contributed by atoms with Crippen molar-refractivity contribution in [3.8, 4) is 0 Å². The van der Waals surface area contributed by atoms with Crippen molar-refractivity contribution < 1.29 is 4.92 Å². The van der Waals surface area contributed by atoms with Crippen LogP contribution in [0.5, 0.6) is 0 Å². The molecule has 0 saturated carbocycles. The van der Waals surface area contributed by atoms with Crippen LogP contribution in [-0.4, -0.2) is 11.5 Å². The van der Waals surface area contributed by atoms with Gasteiger partial charge in [0.15, 0.2) is 0 Å². The molecule has 4 heteroatoms. The van der Waals surface area contributed by atoms with Gasteiger partial charge < -0.3 is 5.32 Å². The Morgan fingerprint density at radius 2 is 1.75 bits per heavy atom. The van der Waals surface area contributed by atoms with Crippen LogP contribution in [0.4, 0.5) is 5.69 Å². The predicted octanol–water partition coefficient (Wildman–Crippen LogP) is 3.49. The monoisotopic (exact) mass is 270 g/mol. The van der Waals surface area contributed by atoms with Gasteiger partial charge in [-0.15, -0.1) is 0 Å². The summed E-state index contributed by atoms with van der Waals surface area (Å²) in [6, 6.07) is 17.2. The van der Waals surface area contributed by atoms with Gasteiger partial charge in [-0.2, -0.15) is 0 Å². The highest BCUT2D eigenvalue weighted by atomic mass is 16.6. The van der Waals surface area contributed by atoms with Crippen LogP contribution in [0.25, 0.3) is 0 Å². The molecule has 1 unspecified atom stereocenters. The van der Waals surface area contributed by atoms with E-state index < -0.39 is 0 Å². The van der Waals surface area contributed by atoms with Crippen LogP contribution in [0.3, 0.4) is 0 Å². The molecule has 1 atom stereocenters. The maximum absolute atomic E-state index is 10.7. The van der Waals surface area contributed by atoms with E-state index in [0.29, 0.717) is 0 Å². The molecular weight excluding hydrogens is 252 g/mol. The molecule has 0 aliphatic heterocycles. The Morgan fingerprint density at radius 3 is 2.30 bits per heavy atom. The van der Waals surface area contributed by atoms with Gasteiger partial charge in [0.1, 0.15) is 0 Å². The van der Waals surface area contributed by atoms with E-state index in [1.807, 2.05) is 30.3 Å². The molecular formula is C16H18N2O2. The molecule has 0 spiro atoms. The minimum atomic E-state index is -0.372. The molecule has 0 aliphatic rings. The van der Waals surface area contributed by atoms with Crippen LogP contribution < -0.4 is 5.32 Å². The fourth-order valence-electron chi connectivity index (χ4n) is 2.23. The summed E-state index contributed by atoms with van der Waals surface area (Å²) in [5.74, 6) is 0. The normalized spacial score (nSPS) is 12.1. The lowest BCUT2D eigenvalue weighted by Crippen LogP contribution is -2.22. The van der Waals surface area contributed by atoms with Crippen molar-refractivity contribution in [2.24, 2.45) is 0 Å². The molecule has 2 aromatic carbocycles. The summed E-state index contributed by atoms with van der Waals surface area (Å²) in [4.78, 5) is 10.3. The Bertz CT molecular complexity index is 552. The molecule has 0 fully saturated rings. The number of nitrogens with one attached hydrogen (secondary N) is 1. The third kappa shape index (κ3) is 3.65. The Kier molecular flexibility index (Phi) is 4.85. The van der Waals surface area contributed by atoms with Gasteiger partial charge >= 0.3 is 0 Å². The summed E-state index contributed by atoms with van der Waals surface area (Å²) in [6.07, 6.45) is 0.815. The highest BCUT2D eigenvalue weighted by molar-refractivity contribution is 5.34. The maximum atomic E-state index is 10.7. The standard InChI is InChI=1S/C16H18N2O2/c1-2-17-16(14-6-4-3-5-7-14)12-13-8-10-15(11-9-13)18(19)20/h3-11,16-17H,2,12H2,1H3. The van der Waals surface area contributed by atoms with Crippen LogP contribution in [0, 0.1) is 10.1 Å². The number of hydrogen-bond acceptors (Lipinski definition) is 3. The average molecular weight is 270 g/mol. The van der Waals surface area contributed by atoms with Gasteiger partial charge in [-0.05, 0) is 24.1 Å². The molecule has 0 bridgehead atoms. The second-order valence-electron chi connectivity index (χ2n) is 4.65. The molecule has 0 amide bonds. The van der Waals surface area contributed by atoms with Crippen LogP contribution in [-0.2, 0) is 6.42 Å². The minimum Gasteiger partial charge on any atom is -0.310 e. The molecule has 0 saturated heterocycles. The van der Waals surface area contributed by atoms with Crippen LogP contribution in [0.2, 0.25) is 0 Å². The van der Waals surface area contributed by atoms with Crippen molar-refractivity contribution >= 4 is 5.69 Å². The fourth-order valence-corrected chi connectivity index (χ4v) is 2.23. The van der Waals surface area contributed by atoms with Gasteiger partial charge in [-0.3, -0.25) is 10.1 Å². The third-order valence-corrected chi connectivity index (χ3v) is 3.24. The van der Waals surface area contributed by atoms with Crippen molar-refractivity contribution in [1.29, 1.82) is 0 Å². The molecule has 104 valence electrons. The van der Waals surface area contributed by atoms with Crippen molar-refractivity contribution in [2.45, 2.75) is 19.4 Å². The van der Waals surface area contributed by atoms with Crippen molar-refractivity contribution in [2.75, 3.05) is 6.54 Å². The number of likely N-dealkylation sites (N-methyl/N-ethyl adjacent to an activating group) is 1. The minimum absolute atomic E-state index is 0.133. The van der Waals surface area contributed by atoms with E-state index in [0.717, 1.165) is 18.5 Å². The van der Waals surface area contributed by atoms with Crippen LogP contribution in [0.15, 0.2) is 54.6 Å². The van der Waals surface area contributed by atoms with E-state index in [2.05, 4.69) is 24.4 Å². The Balaban J connectivity index is 2.14. The van der Waals surface area contributed by atoms with Crippen LogP contribution >= 0.6 is 0 Å². The Labute approximate surface area is 118 Å². The third-order valence-electron chi connectivity index (χ3n) is 3.24. The molecule has 0 heterocycles. The Morgan fingerprint density at radius 1 is 1.10 bits per heavy atom. The SMILES string of the molecule is CCNC(Cc1ccc([N+](=O)[O-])cc1)c1ccccc1. The van der Waals surface area contributed by atoms with E-state index in [1.54, 1.807) is 12.1 Å². The average Bonchev–Trinajstić information content (AvgIpc) is 2.48. The largest absolute Gasteiger partial charge is 0.310 e. The number of nitro benzene ring substituents is 1. The summed E-state index contributed by atoms with van der Waals surface area (Å²) in [6.45, 7) is 2.96. The number of hydrogen-bond donors (Lipinski definition) is 1. The van der Waals surface area contributed by atoms with Crippen molar-refractivity contribution in [3.05, 3.63) is 75.8 Å². The first-order valence-corrected chi connectivity index (χ1v) is 6.72. The molecule has 20 heavy (non-hydrogen) atoms. The topological polar surface area (TPSA) is 55.2 Å². The zero-order valence-electron chi connectivity index (χ0n) is 11.5. The predicted molar refractivity (Wildman–Crippen MR) is 79.7 cm³/mol. The maximum Gasteiger partial charge on any atom is 0.269 e. The van der Waals surface area contributed by atoms with Crippen molar-refractivity contribution in [1.82, 2.24) is 5.32 Å². The lowest BCUT2D eigenvalue weighted by molar-refractivity contribution is -0.384. The second kappa shape index (κ2) is 6.82. The van der Waals surface area contributed by atoms with E-state index >= 15 is 0 Å². The van der Waals surface area contributed by atoms with E-state index in [-0.39, 0.29) is 16.7 Å². The van der Waals surface area contributed by atoms with Gasteiger partial charge in [0.2, 0.25) is 0 Å². The summed E-state index contributed by atoms with van der Waals surface area (Å²) >= 11 is 0. The first kappa shape index (κ1) is 14.2. The first-order chi connectivity index (χ1) is 9.70. The summed E-state index contributed by atoms with van der Waals surface area (Å²) in [5.41, 5.74) is 2.45. The summed E-state index contributed by atoms with van der Waals surface area (Å²) in [5, 5.41) is 14.1. The lowest BCUT2D eigenvalue weighted by atomic mass is 9.99. The highest BCUT2D eigenvalue weighted by Gasteiger charge is 2.11. The van der Waals surface area contributed by atoms with Gasteiger partial charge in [0, 0.05) is 18.2 Å². The lowest BCUT2D eigenvalue weighted by Gasteiger charge is -2.18. The highest BCUT2D eigenvalue weighted by Crippen LogP contribution is 2.20. The Hall–Kier alpha value is -2.20. The fraction of sp³-hybridized carbons (Fsp3) is 0.250. The zero-order valence-corrected chi connectivity index (χ0v) is 11.5. The number of rotatable bonds is 6. The van der Waals surface area contributed by atoms with Gasteiger partial charge in [-0.1, -0.05) is 49.4 Å². The quantitative estimate of drug-likeness (QED) is 0.645.